The van der Waals surface area contributed by atoms with Crippen LogP contribution >= 0.6 is 0 Å². The maximum atomic E-state index is 11.2. The van der Waals surface area contributed by atoms with E-state index < -0.39 is 10.0 Å². The number of sulfonamides is 1. The average molecular weight is 259 g/mol. The normalized spacial score (nSPS) is 11.4. The number of anilines is 2. The molecule has 0 fully saturated rings. The number of aromatic nitrogens is 2. The molecule has 1 heterocycles. The van der Waals surface area contributed by atoms with Gasteiger partial charge in [0.05, 0.1) is 5.75 Å². The fraction of sp³-hybridized carbons (Fsp3) is 0.556. The fourth-order valence-electron chi connectivity index (χ4n) is 1.18. The van der Waals surface area contributed by atoms with E-state index in [1.54, 1.807) is 6.07 Å². The Balaban J connectivity index is 2.61. The number of nitrogens with one attached hydrogen (secondary N) is 2. The third-order valence-corrected chi connectivity index (χ3v) is 3.46. The van der Waals surface area contributed by atoms with Crippen LogP contribution in [0.2, 0.25) is 0 Å². The van der Waals surface area contributed by atoms with Crippen molar-refractivity contribution in [3.8, 4) is 0 Å². The first kappa shape index (κ1) is 13.7. The quantitative estimate of drug-likeness (QED) is 0.640. The minimum Gasteiger partial charge on any atom is -0.384 e. The number of nitrogens with zero attached hydrogens (tertiary/aromatic N) is 2. The third-order valence-electron chi connectivity index (χ3n) is 2.10. The summed E-state index contributed by atoms with van der Waals surface area (Å²) in [6, 6.07) is 1.57. The van der Waals surface area contributed by atoms with Gasteiger partial charge in [0.2, 0.25) is 10.0 Å². The van der Waals surface area contributed by atoms with E-state index in [4.69, 9.17) is 5.73 Å². The smallest absolute Gasteiger partial charge is 0.213 e. The van der Waals surface area contributed by atoms with Crippen molar-refractivity contribution >= 4 is 21.7 Å². The number of rotatable bonds is 6. The van der Waals surface area contributed by atoms with Crippen LogP contribution in [0.25, 0.3) is 0 Å². The van der Waals surface area contributed by atoms with E-state index in [1.165, 1.54) is 7.05 Å². The molecule has 1 aromatic heterocycles. The first-order valence-corrected chi connectivity index (χ1v) is 6.90. The third kappa shape index (κ3) is 4.53. The lowest BCUT2D eigenvalue weighted by atomic mass is 10.4. The summed E-state index contributed by atoms with van der Waals surface area (Å²) in [5.41, 5.74) is 5.60. The van der Waals surface area contributed by atoms with Gasteiger partial charge in [-0.2, -0.15) is 0 Å². The topological polar surface area (TPSA) is 110 Å². The summed E-state index contributed by atoms with van der Waals surface area (Å²) in [6.45, 7) is 2.19. The molecule has 17 heavy (non-hydrogen) atoms. The Bertz CT molecular complexity index is 474. The summed E-state index contributed by atoms with van der Waals surface area (Å²) in [4.78, 5) is 8.20. The van der Waals surface area contributed by atoms with E-state index in [9.17, 15) is 8.42 Å². The molecule has 0 bridgehead atoms. The lowest BCUT2D eigenvalue weighted by Gasteiger charge is -2.07. The van der Waals surface area contributed by atoms with E-state index in [0.717, 1.165) is 0 Å². The second-order valence-corrected chi connectivity index (χ2v) is 5.44. The van der Waals surface area contributed by atoms with Gasteiger partial charge in [-0.25, -0.2) is 23.1 Å². The van der Waals surface area contributed by atoms with Crippen molar-refractivity contribution in [3.63, 3.8) is 0 Å². The van der Waals surface area contributed by atoms with E-state index in [1.807, 2.05) is 6.92 Å². The van der Waals surface area contributed by atoms with Gasteiger partial charge in [-0.05, 0) is 7.05 Å². The Morgan fingerprint density at radius 2 is 2.12 bits per heavy atom. The van der Waals surface area contributed by atoms with Crippen molar-refractivity contribution in [3.05, 3.63) is 11.9 Å². The van der Waals surface area contributed by atoms with Crippen LogP contribution in [-0.2, 0) is 16.4 Å². The highest BCUT2D eigenvalue weighted by molar-refractivity contribution is 7.89. The SMILES string of the molecule is CCc1nc(N)cc(NCCS(=O)(=O)NC)n1. The van der Waals surface area contributed by atoms with Crippen LogP contribution in [0.3, 0.4) is 0 Å². The Labute approximate surface area is 101 Å². The molecule has 0 spiro atoms. The van der Waals surface area contributed by atoms with Gasteiger partial charge in [0, 0.05) is 19.0 Å². The van der Waals surface area contributed by atoms with Crippen LogP contribution < -0.4 is 15.8 Å². The minimum atomic E-state index is -3.20. The molecule has 1 aromatic rings. The molecule has 0 aliphatic carbocycles. The fourth-order valence-corrected chi connectivity index (χ4v) is 1.76. The molecule has 0 amide bonds. The van der Waals surface area contributed by atoms with Crippen LogP contribution in [0.4, 0.5) is 11.6 Å². The number of aryl methyl sites for hydroxylation is 1. The first-order valence-electron chi connectivity index (χ1n) is 5.25. The molecule has 0 saturated heterocycles. The van der Waals surface area contributed by atoms with Crippen LogP contribution in [-0.4, -0.2) is 37.7 Å². The van der Waals surface area contributed by atoms with Crippen LogP contribution in [0.15, 0.2) is 6.07 Å². The molecule has 4 N–H and O–H groups in total. The Morgan fingerprint density at radius 3 is 2.71 bits per heavy atom. The maximum absolute atomic E-state index is 11.2. The molecule has 0 atom stereocenters. The largest absolute Gasteiger partial charge is 0.384 e. The van der Waals surface area contributed by atoms with Crippen LogP contribution in [0.1, 0.15) is 12.7 Å². The van der Waals surface area contributed by atoms with Gasteiger partial charge in [0.25, 0.3) is 0 Å². The van der Waals surface area contributed by atoms with Crippen molar-refractivity contribution in [1.29, 1.82) is 0 Å². The van der Waals surface area contributed by atoms with Crippen LogP contribution in [0, 0.1) is 0 Å². The second kappa shape index (κ2) is 5.78. The van der Waals surface area contributed by atoms with Crippen molar-refractivity contribution in [2.75, 3.05) is 30.4 Å². The predicted molar refractivity (Wildman–Crippen MR) is 67.2 cm³/mol. The van der Waals surface area contributed by atoms with E-state index in [2.05, 4.69) is 20.0 Å². The lowest BCUT2D eigenvalue weighted by Crippen LogP contribution is -2.26. The molecule has 0 unspecified atom stereocenters. The molecule has 0 saturated carbocycles. The zero-order valence-corrected chi connectivity index (χ0v) is 10.7. The number of hydrogen-bond acceptors (Lipinski definition) is 6. The molecule has 7 nitrogen and oxygen atoms in total. The monoisotopic (exact) mass is 259 g/mol. The van der Waals surface area contributed by atoms with Crippen molar-refractivity contribution < 1.29 is 8.42 Å². The summed E-state index contributed by atoms with van der Waals surface area (Å²) in [5, 5.41) is 2.90. The zero-order valence-electron chi connectivity index (χ0n) is 9.90. The summed E-state index contributed by atoms with van der Waals surface area (Å²) in [7, 11) is -1.82. The first-order chi connectivity index (χ1) is 7.96. The molecule has 0 radical (unpaired) electrons. The highest BCUT2D eigenvalue weighted by atomic mass is 32.2. The minimum absolute atomic E-state index is 0.0190. The highest BCUT2D eigenvalue weighted by Crippen LogP contribution is 2.08. The van der Waals surface area contributed by atoms with Crippen molar-refractivity contribution in [2.24, 2.45) is 0 Å². The van der Waals surface area contributed by atoms with Gasteiger partial charge in [-0.15, -0.1) is 0 Å². The van der Waals surface area contributed by atoms with Crippen LogP contribution in [0.5, 0.6) is 0 Å². The Morgan fingerprint density at radius 1 is 1.41 bits per heavy atom. The van der Waals surface area contributed by atoms with Gasteiger partial charge in [0.1, 0.15) is 17.5 Å². The molecule has 0 aliphatic heterocycles. The number of hydrogen-bond donors (Lipinski definition) is 3. The molecule has 8 heteroatoms. The van der Waals surface area contributed by atoms with E-state index in [0.29, 0.717) is 23.9 Å². The average Bonchev–Trinajstić information content (AvgIpc) is 2.28. The summed E-state index contributed by atoms with van der Waals surface area (Å²) < 4.78 is 24.6. The molecular formula is C9H17N5O2S. The molecular weight excluding hydrogens is 242 g/mol. The standard InChI is InChI=1S/C9H17N5O2S/c1-3-8-13-7(10)6-9(14-8)12-4-5-17(15,16)11-2/h6,11H,3-5H2,1-2H3,(H3,10,12,13,14). The lowest BCUT2D eigenvalue weighted by molar-refractivity contribution is 0.588. The number of nitrogens with two attached hydrogens (primary N) is 1. The molecule has 1 rings (SSSR count). The second-order valence-electron chi connectivity index (χ2n) is 3.40. The van der Waals surface area contributed by atoms with E-state index in [-0.39, 0.29) is 12.3 Å². The molecule has 96 valence electrons. The number of nitrogen functional groups attached to an aromatic ring is 1. The van der Waals surface area contributed by atoms with Crippen molar-refractivity contribution in [2.45, 2.75) is 13.3 Å². The Hall–Kier alpha value is -1.41. The maximum Gasteiger partial charge on any atom is 0.213 e. The van der Waals surface area contributed by atoms with Gasteiger partial charge >= 0.3 is 0 Å². The highest BCUT2D eigenvalue weighted by Gasteiger charge is 2.06. The molecule has 0 aromatic carbocycles. The van der Waals surface area contributed by atoms with Crippen molar-refractivity contribution in [1.82, 2.24) is 14.7 Å². The van der Waals surface area contributed by atoms with Gasteiger partial charge in [-0.3, -0.25) is 0 Å². The summed E-state index contributed by atoms with van der Waals surface area (Å²) in [6.07, 6.45) is 0.675. The zero-order chi connectivity index (χ0) is 12.9. The van der Waals surface area contributed by atoms with Gasteiger partial charge in [0.15, 0.2) is 0 Å². The van der Waals surface area contributed by atoms with E-state index >= 15 is 0 Å². The van der Waals surface area contributed by atoms with Gasteiger partial charge in [-0.1, -0.05) is 6.92 Å². The summed E-state index contributed by atoms with van der Waals surface area (Å²) >= 11 is 0. The predicted octanol–water partition coefficient (Wildman–Crippen LogP) is -0.418. The molecule has 0 aliphatic rings. The Kier molecular flexibility index (Phi) is 4.64. The van der Waals surface area contributed by atoms with Gasteiger partial charge < -0.3 is 11.1 Å². The summed E-state index contributed by atoms with van der Waals surface area (Å²) in [5.74, 6) is 1.52.